The van der Waals surface area contributed by atoms with Crippen molar-refractivity contribution in [2.75, 3.05) is 6.61 Å². The summed E-state index contributed by atoms with van der Waals surface area (Å²) in [5, 5.41) is 0. The molecule has 0 aromatic carbocycles. The van der Waals surface area contributed by atoms with Crippen LogP contribution in [0.25, 0.3) is 0 Å². The molecule has 0 saturated heterocycles. The maximum Gasteiger partial charge on any atom is 0.333 e. The zero-order valence-electron chi connectivity index (χ0n) is 9.71. The molecule has 0 rings (SSSR count). The molecule has 8 heteroatoms. The van der Waals surface area contributed by atoms with Crippen LogP contribution in [0.5, 0.6) is 0 Å². The quantitative estimate of drug-likeness (QED) is 0.423. The topological polar surface area (TPSA) is 26.3 Å². The van der Waals surface area contributed by atoms with Crippen molar-refractivity contribution in [2.24, 2.45) is 0 Å². The van der Waals surface area contributed by atoms with Crippen molar-refractivity contribution in [3.63, 3.8) is 0 Å². The summed E-state index contributed by atoms with van der Waals surface area (Å²) in [4.78, 5) is 10.8. The summed E-state index contributed by atoms with van der Waals surface area (Å²) in [7, 11) is 0. The average molecular weight is 278 g/mol. The van der Waals surface area contributed by atoms with E-state index < -0.39 is 36.8 Å². The van der Waals surface area contributed by atoms with Crippen molar-refractivity contribution >= 4 is 5.97 Å². The van der Waals surface area contributed by atoms with Crippen LogP contribution >= 0.6 is 0 Å². The summed E-state index contributed by atoms with van der Waals surface area (Å²) < 4.78 is 80.0. The van der Waals surface area contributed by atoms with Gasteiger partial charge in [-0.1, -0.05) is 6.58 Å². The molecule has 0 aliphatic rings. The number of esters is 1. The number of alkyl halides is 6. The number of hydrogen-bond acceptors (Lipinski definition) is 2. The summed E-state index contributed by atoms with van der Waals surface area (Å²) in [6, 6.07) is 0. The Bertz CT molecular complexity index is 332. The van der Waals surface area contributed by atoms with E-state index in [9.17, 15) is 31.1 Å². The first-order valence-electron chi connectivity index (χ1n) is 4.75. The van der Waals surface area contributed by atoms with E-state index in [2.05, 4.69) is 11.3 Å². The number of halogens is 6. The van der Waals surface area contributed by atoms with Gasteiger partial charge in [-0.3, -0.25) is 0 Å². The normalized spacial score (nSPS) is 13.3. The minimum atomic E-state index is -4.90. The van der Waals surface area contributed by atoms with Gasteiger partial charge in [-0.25, -0.2) is 22.4 Å². The third-order valence-corrected chi connectivity index (χ3v) is 1.89. The van der Waals surface area contributed by atoms with E-state index in [0.717, 1.165) is 6.92 Å². The fourth-order valence-corrected chi connectivity index (χ4v) is 0.825. The summed E-state index contributed by atoms with van der Waals surface area (Å²) in [6.45, 7) is 2.38. The molecule has 0 aliphatic carbocycles. The molecule has 0 fully saturated rings. The number of rotatable bonds is 6. The third kappa shape index (κ3) is 4.97. The average Bonchev–Trinajstić information content (AvgIpc) is 2.10. The molecular formula is C10H12F6O2. The lowest BCUT2D eigenvalue weighted by Crippen LogP contribution is -2.44. The number of ether oxygens (including phenoxy) is 1. The predicted molar refractivity (Wildman–Crippen MR) is 50.9 cm³/mol. The molecule has 0 atom stereocenters. The maximum atomic E-state index is 13.0. The molecule has 18 heavy (non-hydrogen) atoms. The SMILES string of the molecule is C=C(C)C(=O)OCC(F)(F)CC(F)(F)C(C)(F)F. The Hall–Kier alpha value is -1.21. The van der Waals surface area contributed by atoms with Crippen LogP contribution < -0.4 is 0 Å². The van der Waals surface area contributed by atoms with Crippen molar-refractivity contribution in [1.29, 1.82) is 0 Å². The highest BCUT2D eigenvalue weighted by atomic mass is 19.3. The molecule has 0 heterocycles. The summed E-state index contributed by atoms with van der Waals surface area (Å²) in [5.41, 5.74) is -0.210. The second-order valence-electron chi connectivity index (χ2n) is 3.98. The molecular weight excluding hydrogens is 266 g/mol. The van der Waals surface area contributed by atoms with Gasteiger partial charge >= 0.3 is 17.8 Å². The second-order valence-corrected chi connectivity index (χ2v) is 3.98. The van der Waals surface area contributed by atoms with Gasteiger partial charge in [-0.05, 0) is 6.92 Å². The molecule has 0 spiro atoms. The fourth-order valence-electron chi connectivity index (χ4n) is 0.825. The van der Waals surface area contributed by atoms with E-state index in [0.29, 0.717) is 0 Å². The first-order chi connectivity index (χ1) is 7.78. The van der Waals surface area contributed by atoms with Crippen molar-refractivity contribution in [3.05, 3.63) is 12.2 Å². The van der Waals surface area contributed by atoms with Gasteiger partial charge in [0, 0.05) is 12.5 Å². The van der Waals surface area contributed by atoms with Crippen LogP contribution in [0.2, 0.25) is 0 Å². The standard InChI is InChI=1S/C10H12F6O2/c1-6(2)7(17)18-5-9(13,14)4-10(15,16)8(3,11)12/h1,4-5H2,2-3H3. The lowest BCUT2D eigenvalue weighted by molar-refractivity contribution is -0.236. The summed E-state index contributed by atoms with van der Waals surface area (Å²) >= 11 is 0. The van der Waals surface area contributed by atoms with E-state index in [1.54, 1.807) is 0 Å². The third-order valence-electron chi connectivity index (χ3n) is 1.89. The highest BCUT2D eigenvalue weighted by Crippen LogP contribution is 2.41. The van der Waals surface area contributed by atoms with Crippen molar-refractivity contribution < 1.29 is 35.9 Å². The van der Waals surface area contributed by atoms with Gasteiger partial charge in [0.2, 0.25) is 0 Å². The van der Waals surface area contributed by atoms with E-state index in [1.165, 1.54) is 0 Å². The van der Waals surface area contributed by atoms with Gasteiger partial charge in [0.25, 0.3) is 5.92 Å². The Morgan fingerprint density at radius 2 is 1.61 bits per heavy atom. The summed E-state index contributed by atoms with van der Waals surface area (Å²) in [5.74, 6) is -14.9. The number of hydrogen-bond donors (Lipinski definition) is 0. The van der Waals surface area contributed by atoms with Crippen LogP contribution in [0.3, 0.4) is 0 Å². The molecule has 106 valence electrons. The molecule has 0 aliphatic heterocycles. The maximum absolute atomic E-state index is 13.0. The first-order valence-corrected chi connectivity index (χ1v) is 4.75. The van der Waals surface area contributed by atoms with E-state index >= 15 is 0 Å². The molecule has 0 aromatic heterocycles. The van der Waals surface area contributed by atoms with Crippen molar-refractivity contribution in [2.45, 2.75) is 38.0 Å². The van der Waals surface area contributed by atoms with E-state index in [1.807, 2.05) is 0 Å². The Morgan fingerprint density at radius 3 is 1.94 bits per heavy atom. The molecule has 0 N–H and O–H groups in total. The van der Waals surface area contributed by atoms with Crippen LogP contribution in [-0.2, 0) is 9.53 Å². The minimum Gasteiger partial charge on any atom is -0.456 e. The highest BCUT2D eigenvalue weighted by Gasteiger charge is 2.57. The molecule has 0 aromatic rings. The van der Waals surface area contributed by atoms with Crippen LogP contribution in [-0.4, -0.2) is 30.3 Å². The Balaban J connectivity index is 4.58. The number of carbonyl (C=O) groups excluding carboxylic acids is 1. The monoisotopic (exact) mass is 278 g/mol. The van der Waals surface area contributed by atoms with Crippen LogP contribution in [0.15, 0.2) is 12.2 Å². The molecule has 2 nitrogen and oxygen atoms in total. The lowest BCUT2D eigenvalue weighted by Gasteiger charge is -2.27. The zero-order chi connectivity index (χ0) is 14.8. The smallest absolute Gasteiger partial charge is 0.333 e. The second kappa shape index (κ2) is 5.19. The van der Waals surface area contributed by atoms with Gasteiger partial charge in [0.05, 0.1) is 6.42 Å². The molecule has 0 bridgehead atoms. The van der Waals surface area contributed by atoms with Crippen molar-refractivity contribution in [1.82, 2.24) is 0 Å². The Kier molecular flexibility index (Phi) is 4.84. The largest absolute Gasteiger partial charge is 0.456 e. The predicted octanol–water partition coefficient (Wildman–Crippen LogP) is 3.42. The van der Waals surface area contributed by atoms with Gasteiger partial charge < -0.3 is 4.74 Å². The van der Waals surface area contributed by atoms with Gasteiger partial charge in [-0.15, -0.1) is 0 Å². The minimum absolute atomic E-state index is 0.164. The van der Waals surface area contributed by atoms with Gasteiger partial charge in [0.1, 0.15) is 0 Å². The van der Waals surface area contributed by atoms with Crippen molar-refractivity contribution in [3.8, 4) is 0 Å². The van der Waals surface area contributed by atoms with Gasteiger partial charge in [-0.2, -0.15) is 8.78 Å². The zero-order valence-corrected chi connectivity index (χ0v) is 9.71. The Morgan fingerprint density at radius 1 is 1.17 bits per heavy atom. The fraction of sp³-hybridized carbons (Fsp3) is 0.700. The molecule has 0 amide bonds. The van der Waals surface area contributed by atoms with E-state index in [-0.39, 0.29) is 12.5 Å². The van der Waals surface area contributed by atoms with Gasteiger partial charge in [0.15, 0.2) is 6.61 Å². The molecule has 0 unspecified atom stereocenters. The van der Waals surface area contributed by atoms with Crippen LogP contribution in [0.4, 0.5) is 26.3 Å². The Labute approximate surface area is 99.6 Å². The molecule has 0 radical (unpaired) electrons. The van der Waals surface area contributed by atoms with Crippen LogP contribution in [0, 0.1) is 0 Å². The number of carbonyl (C=O) groups is 1. The summed E-state index contributed by atoms with van der Waals surface area (Å²) in [6.07, 6.45) is -2.41. The highest BCUT2D eigenvalue weighted by molar-refractivity contribution is 5.86. The van der Waals surface area contributed by atoms with Crippen LogP contribution in [0.1, 0.15) is 20.3 Å². The molecule has 0 saturated carbocycles. The lowest BCUT2D eigenvalue weighted by atomic mass is 10.1. The van der Waals surface area contributed by atoms with E-state index in [4.69, 9.17) is 0 Å². The first kappa shape index (κ1) is 16.8.